The van der Waals surface area contributed by atoms with Crippen molar-refractivity contribution in [1.29, 1.82) is 0 Å². The van der Waals surface area contributed by atoms with Crippen molar-refractivity contribution in [2.75, 3.05) is 0 Å². The van der Waals surface area contributed by atoms with Gasteiger partial charge in [0.1, 0.15) is 29.3 Å². The summed E-state index contributed by atoms with van der Waals surface area (Å²) in [4.78, 5) is 56.0. The van der Waals surface area contributed by atoms with Crippen LogP contribution in [0.3, 0.4) is 0 Å². The number of nitrogens with one attached hydrogen (secondary N) is 2. The van der Waals surface area contributed by atoms with Crippen molar-refractivity contribution in [2.45, 2.75) is 117 Å². The van der Waals surface area contributed by atoms with Gasteiger partial charge in [0, 0.05) is 12.5 Å². The summed E-state index contributed by atoms with van der Waals surface area (Å²) >= 11 is 0. The number of esters is 1. The van der Waals surface area contributed by atoms with Gasteiger partial charge < -0.3 is 25.0 Å². The van der Waals surface area contributed by atoms with Crippen LogP contribution in [0.5, 0.6) is 0 Å². The highest BCUT2D eigenvalue weighted by atomic mass is 16.6. The first kappa shape index (κ1) is 34.6. The SMILES string of the molecule is CCc1ccc(C(C(=O)NC(Cc2ccccc2)C(=O)OC(C)(C)C)N(C(=O)C(C)NC(=O)OC(C)(C)C)C2CC2C)cc1. The van der Waals surface area contributed by atoms with Gasteiger partial charge >= 0.3 is 12.1 Å². The lowest BCUT2D eigenvalue weighted by Gasteiger charge is -2.35. The molecule has 5 unspecified atom stereocenters. The Hall–Kier alpha value is -3.88. The predicted octanol–water partition coefficient (Wildman–Crippen LogP) is 5.51. The zero-order valence-corrected chi connectivity index (χ0v) is 27.6. The van der Waals surface area contributed by atoms with E-state index in [-0.39, 0.29) is 18.4 Å². The minimum atomic E-state index is -1.05. The highest BCUT2D eigenvalue weighted by Gasteiger charge is 2.48. The first-order valence-electron chi connectivity index (χ1n) is 15.5. The summed E-state index contributed by atoms with van der Waals surface area (Å²) < 4.78 is 11.1. The van der Waals surface area contributed by atoms with Crippen molar-refractivity contribution in [3.8, 4) is 0 Å². The number of benzene rings is 2. The lowest BCUT2D eigenvalue weighted by atomic mass is 9.99. The largest absolute Gasteiger partial charge is 0.458 e. The van der Waals surface area contributed by atoms with E-state index in [1.165, 1.54) is 0 Å². The van der Waals surface area contributed by atoms with Crippen LogP contribution in [0.2, 0.25) is 0 Å². The molecule has 5 atom stereocenters. The lowest BCUT2D eigenvalue weighted by Crippen LogP contribution is -2.55. The zero-order chi connectivity index (χ0) is 32.8. The maximum atomic E-state index is 14.4. The molecular weight excluding hydrogens is 558 g/mol. The van der Waals surface area contributed by atoms with E-state index in [0.29, 0.717) is 12.0 Å². The summed E-state index contributed by atoms with van der Waals surface area (Å²) in [6.07, 6.45) is 1.02. The number of nitrogens with zero attached hydrogens (tertiary/aromatic N) is 1. The number of hydrogen-bond donors (Lipinski definition) is 2. The molecule has 0 bridgehead atoms. The van der Waals surface area contributed by atoms with Crippen LogP contribution in [-0.4, -0.2) is 58.1 Å². The van der Waals surface area contributed by atoms with Gasteiger partial charge in [-0.2, -0.15) is 0 Å². The fourth-order valence-corrected chi connectivity index (χ4v) is 4.98. The topological polar surface area (TPSA) is 114 Å². The van der Waals surface area contributed by atoms with Crippen LogP contribution >= 0.6 is 0 Å². The first-order chi connectivity index (χ1) is 20.5. The van der Waals surface area contributed by atoms with Crippen LogP contribution in [0.1, 0.15) is 91.5 Å². The number of carbonyl (C=O) groups excluding carboxylic acids is 4. The number of ether oxygens (including phenoxy) is 2. The number of alkyl carbamates (subject to hydrolysis) is 1. The Kier molecular flexibility index (Phi) is 11.2. The van der Waals surface area contributed by atoms with Gasteiger partial charge in [-0.15, -0.1) is 0 Å². The van der Waals surface area contributed by atoms with E-state index in [1.54, 1.807) is 53.4 Å². The summed E-state index contributed by atoms with van der Waals surface area (Å²) in [5, 5.41) is 5.58. The Balaban J connectivity index is 2.00. The second kappa shape index (κ2) is 14.3. The van der Waals surface area contributed by atoms with Crippen LogP contribution in [0.25, 0.3) is 0 Å². The minimum Gasteiger partial charge on any atom is -0.458 e. The van der Waals surface area contributed by atoms with Gasteiger partial charge in [-0.1, -0.05) is 68.4 Å². The molecule has 0 aliphatic heterocycles. The summed E-state index contributed by atoms with van der Waals surface area (Å²) in [5.41, 5.74) is 1.04. The van der Waals surface area contributed by atoms with Crippen molar-refractivity contribution in [1.82, 2.24) is 15.5 Å². The molecule has 0 radical (unpaired) electrons. The molecular formula is C35H49N3O6. The molecule has 240 valence electrons. The molecule has 3 rings (SSSR count). The summed E-state index contributed by atoms with van der Waals surface area (Å²) in [6, 6.07) is 13.7. The van der Waals surface area contributed by atoms with Crippen LogP contribution < -0.4 is 10.6 Å². The normalized spacial score (nSPS) is 18.3. The Morgan fingerprint density at radius 2 is 1.43 bits per heavy atom. The molecule has 1 fully saturated rings. The van der Waals surface area contributed by atoms with Gasteiger partial charge in [0.2, 0.25) is 11.8 Å². The fourth-order valence-electron chi connectivity index (χ4n) is 4.98. The Morgan fingerprint density at radius 1 is 0.864 bits per heavy atom. The van der Waals surface area contributed by atoms with Crippen molar-refractivity contribution in [3.05, 3.63) is 71.3 Å². The molecule has 0 aromatic heterocycles. The van der Waals surface area contributed by atoms with Gasteiger partial charge in [0.25, 0.3) is 0 Å². The lowest BCUT2D eigenvalue weighted by molar-refractivity contribution is -0.159. The van der Waals surface area contributed by atoms with Crippen molar-refractivity contribution >= 4 is 23.9 Å². The molecule has 0 heterocycles. The van der Waals surface area contributed by atoms with E-state index in [0.717, 1.165) is 17.5 Å². The van der Waals surface area contributed by atoms with Crippen LogP contribution in [-0.2, 0) is 36.7 Å². The number of carbonyl (C=O) groups is 4. The number of rotatable bonds is 11. The van der Waals surface area contributed by atoms with E-state index < -0.39 is 53.2 Å². The molecule has 3 amide bonds. The average molecular weight is 608 g/mol. The quantitative estimate of drug-likeness (QED) is 0.326. The van der Waals surface area contributed by atoms with Gasteiger partial charge in [-0.05, 0) is 83.9 Å². The van der Waals surface area contributed by atoms with Crippen LogP contribution in [0.4, 0.5) is 4.79 Å². The van der Waals surface area contributed by atoms with E-state index in [2.05, 4.69) is 10.6 Å². The van der Waals surface area contributed by atoms with Gasteiger partial charge in [0.05, 0.1) is 0 Å². The third-order valence-corrected chi connectivity index (χ3v) is 7.30. The third-order valence-electron chi connectivity index (χ3n) is 7.30. The maximum absolute atomic E-state index is 14.4. The molecule has 44 heavy (non-hydrogen) atoms. The van der Waals surface area contributed by atoms with Gasteiger partial charge in [0.15, 0.2) is 0 Å². The molecule has 9 nitrogen and oxygen atoms in total. The molecule has 9 heteroatoms. The molecule has 0 saturated heterocycles. The van der Waals surface area contributed by atoms with Gasteiger partial charge in [-0.25, -0.2) is 9.59 Å². The molecule has 1 aliphatic rings. The third kappa shape index (κ3) is 10.1. The van der Waals surface area contributed by atoms with Crippen LogP contribution in [0.15, 0.2) is 54.6 Å². The summed E-state index contributed by atoms with van der Waals surface area (Å²) in [7, 11) is 0. The summed E-state index contributed by atoms with van der Waals surface area (Å²) in [5.74, 6) is -1.32. The highest BCUT2D eigenvalue weighted by Crippen LogP contribution is 2.41. The number of amides is 3. The first-order valence-corrected chi connectivity index (χ1v) is 15.5. The Labute approximate surface area is 262 Å². The standard InChI is InChI=1S/C35H49N3O6/c1-10-24-16-18-26(19-17-24)29(38(28-20-22(28)2)31(40)23(3)36-33(42)44-35(7,8)9)30(39)37-27(32(41)43-34(4,5)6)21-25-14-12-11-13-15-25/h11-19,22-23,27-29H,10,20-21H2,1-9H3,(H,36,42)(H,37,39). The predicted molar refractivity (Wildman–Crippen MR) is 170 cm³/mol. The molecule has 0 spiro atoms. The van der Waals surface area contributed by atoms with Crippen molar-refractivity contribution in [2.24, 2.45) is 5.92 Å². The minimum absolute atomic E-state index is 0.156. The fraction of sp³-hybridized carbons (Fsp3) is 0.543. The molecule has 2 aromatic rings. The average Bonchev–Trinajstić information content (AvgIpc) is 3.64. The maximum Gasteiger partial charge on any atom is 0.408 e. The second-order valence-corrected chi connectivity index (χ2v) is 13.7. The zero-order valence-electron chi connectivity index (χ0n) is 27.6. The second-order valence-electron chi connectivity index (χ2n) is 13.7. The Morgan fingerprint density at radius 3 is 1.93 bits per heavy atom. The number of hydrogen-bond acceptors (Lipinski definition) is 6. The van der Waals surface area contributed by atoms with Crippen molar-refractivity contribution < 1.29 is 28.7 Å². The molecule has 2 aromatic carbocycles. The smallest absolute Gasteiger partial charge is 0.408 e. The van der Waals surface area contributed by atoms with Crippen LogP contribution in [0, 0.1) is 5.92 Å². The van der Waals surface area contributed by atoms with E-state index >= 15 is 0 Å². The number of aryl methyl sites for hydroxylation is 1. The molecule has 2 N–H and O–H groups in total. The van der Waals surface area contributed by atoms with E-state index in [9.17, 15) is 19.2 Å². The van der Waals surface area contributed by atoms with E-state index in [1.807, 2.05) is 68.4 Å². The van der Waals surface area contributed by atoms with Crippen molar-refractivity contribution in [3.63, 3.8) is 0 Å². The Bertz CT molecular complexity index is 1300. The molecule has 1 saturated carbocycles. The van der Waals surface area contributed by atoms with E-state index in [4.69, 9.17) is 9.47 Å². The monoisotopic (exact) mass is 607 g/mol. The summed E-state index contributed by atoms with van der Waals surface area (Å²) in [6.45, 7) is 16.2. The van der Waals surface area contributed by atoms with Gasteiger partial charge in [-0.3, -0.25) is 9.59 Å². The highest BCUT2D eigenvalue weighted by molar-refractivity contribution is 5.94. The molecule has 1 aliphatic carbocycles.